The SMILES string of the molecule is O=C(Cc1sccc1Br)Cc1c(F)cccc1F. The molecule has 0 aliphatic carbocycles. The van der Waals surface area contributed by atoms with Gasteiger partial charge in [0.2, 0.25) is 0 Å². The van der Waals surface area contributed by atoms with Crippen molar-refractivity contribution in [3.63, 3.8) is 0 Å². The van der Waals surface area contributed by atoms with Gasteiger partial charge in [-0.2, -0.15) is 0 Å². The van der Waals surface area contributed by atoms with Crippen molar-refractivity contribution in [3.05, 3.63) is 56.2 Å². The van der Waals surface area contributed by atoms with Crippen molar-refractivity contribution in [3.8, 4) is 0 Å². The predicted octanol–water partition coefficient (Wildman–Crippen LogP) is 4.14. The zero-order chi connectivity index (χ0) is 13.1. The maximum Gasteiger partial charge on any atom is 0.142 e. The van der Waals surface area contributed by atoms with E-state index in [4.69, 9.17) is 0 Å². The summed E-state index contributed by atoms with van der Waals surface area (Å²) in [5.41, 5.74) is -0.157. The van der Waals surface area contributed by atoms with E-state index in [0.29, 0.717) is 0 Å². The van der Waals surface area contributed by atoms with Crippen LogP contribution in [0.4, 0.5) is 8.78 Å². The third-order valence-electron chi connectivity index (χ3n) is 2.48. The Hall–Kier alpha value is -1.07. The van der Waals surface area contributed by atoms with Crippen LogP contribution in [0.25, 0.3) is 0 Å². The summed E-state index contributed by atoms with van der Waals surface area (Å²) in [6.45, 7) is 0. The van der Waals surface area contributed by atoms with Gasteiger partial charge in [0.05, 0.1) is 0 Å². The summed E-state index contributed by atoms with van der Waals surface area (Å²) in [5.74, 6) is -1.55. The smallest absolute Gasteiger partial charge is 0.142 e. The van der Waals surface area contributed by atoms with Crippen LogP contribution in [0.2, 0.25) is 0 Å². The van der Waals surface area contributed by atoms with Crippen molar-refractivity contribution in [1.82, 2.24) is 0 Å². The van der Waals surface area contributed by atoms with Gasteiger partial charge >= 0.3 is 0 Å². The van der Waals surface area contributed by atoms with Crippen LogP contribution in [0.15, 0.2) is 34.1 Å². The van der Waals surface area contributed by atoms with Crippen LogP contribution in [0.1, 0.15) is 10.4 Å². The number of Topliss-reactive ketones (excluding diaryl/α,β-unsaturated/α-hetero) is 1. The number of thiophene rings is 1. The first-order valence-corrected chi connectivity index (χ1v) is 6.91. The lowest BCUT2D eigenvalue weighted by Crippen LogP contribution is -2.09. The zero-order valence-electron chi connectivity index (χ0n) is 9.25. The average molecular weight is 331 g/mol. The van der Waals surface area contributed by atoms with Crippen molar-refractivity contribution in [1.29, 1.82) is 0 Å². The van der Waals surface area contributed by atoms with Gasteiger partial charge in [-0.05, 0) is 39.5 Å². The average Bonchev–Trinajstić information content (AvgIpc) is 2.70. The third-order valence-corrected chi connectivity index (χ3v) is 4.41. The Balaban J connectivity index is 2.10. The number of rotatable bonds is 4. The fourth-order valence-corrected chi connectivity index (χ4v) is 3.11. The second kappa shape index (κ2) is 5.71. The molecule has 0 amide bonds. The first kappa shape index (κ1) is 13.4. The number of carbonyl (C=O) groups is 1. The molecule has 2 aromatic rings. The Kier molecular flexibility index (Phi) is 4.24. The molecule has 1 aromatic heterocycles. The molecular formula is C13H9BrF2OS. The monoisotopic (exact) mass is 330 g/mol. The molecule has 0 bridgehead atoms. The summed E-state index contributed by atoms with van der Waals surface area (Å²) in [4.78, 5) is 12.7. The second-order valence-electron chi connectivity index (χ2n) is 3.78. The molecule has 1 aromatic carbocycles. The Bertz CT molecular complexity index is 560. The summed E-state index contributed by atoms with van der Waals surface area (Å²) in [6.07, 6.45) is -0.0329. The molecular weight excluding hydrogens is 322 g/mol. The van der Waals surface area contributed by atoms with E-state index in [-0.39, 0.29) is 24.2 Å². The number of hydrogen-bond acceptors (Lipinski definition) is 2. The summed E-state index contributed by atoms with van der Waals surface area (Å²) in [6, 6.07) is 5.45. The highest BCUT2D eigenvalue weighted by molar-refractivity contribution is 9.10. The molecule has 0 N–H and O–H groups in total. The van der Waals surface area contributed by atoms with E-state index in [0.717, 1.165) is 21.5 Å². The topological polar surface area (TPSA) is 17.1 Å². The molecule has 0 spiro atoms. The van der Waals surface area contributed by atoms with Crippen LogP contribution in [0.3, 0.4) is 0 Å². The van der Waals surface area contributed by atoms with Crippen LogP contribution in [-0.2, 0) is 17.6 Å². The van der Waals surface area contributed by atoms with E-state index in [1.807, 2.05) is 11.4 Å². The number of hydrogen-bond donors (Lipinski definition) is 0. The van der Waals surface area contributed by atoms with Gasteiger partial charge in [-0.15, -0.1) is 11.3 Å². The van der Waals surface area contributed by atoms with Gasteiger partial charge in [0, 0.05) is 27.8 Å². The Labute approximate surface area is 116 Å². The normalized spacial score (nSPS) is 10.6. The fraction of sp³-hybridized carbons (Fsp3) is 0.154. The largest absolute Gasteiger partial charge is 0.299 e. The lowest BCUT2D eigenvalue weighted by atomic mass is 10.1. The van der Waals surface area contributed by atoms with Crippen molar-refractivity contribution >= 4 is 33.0 Å². The maximum absolute atomic E-state index is 13.4. The van der Waals surface area contributed by atoms with Crippen LogP contribution in [0, 0.1) is 11.6 Å². The minimum absolute atomic E-state index is 0.157. The molecule has 5 heteroatoms. The predicted molar refractivity (Wildman–Crippen MR) is 70.8 cm³/mol. The van der Waals surface area contributed by atoms with Gasteiger partial charge in [-0.1, -0.05) is 6.07 Å². The van der Waals surface area contributed by atoms with Crippen molar-refractivity contribution in [2.75, 3.05) is 0 Å². The highest BCUT2D eigenvalue weighted by Crippen LogP contribution is 2.24. The molecule has 0 saturated carbocycles. The van der Waals surface area contributed by atoms with Gasteiger partial charge in [0.15, 0.2) is 0 Å². The number of ketones is 1. The lowest BCUT2D eigenvalue weighted by Gasteiger charge is -2.04. The Morgan fingerprint density at radius 3 is 2.39 bits per heavy atom. The Morgan fingerprint density at radius 1 is 1.17 bits per heavy atom. The molecule has 0 aliphatic rings. The summed E-state index contributed by atoms with van der Waals surface area (Å²) < 4.78 is 27.6. The molecule has 0 saturated heterocycles. The van der Waals surface area contributed by atoms with Crippen LogP contribution >= 0.6 is 27.3 Å². The summed E-state index contributed by atoms with van der Waals surface area (Å²) in [5, 5.41) is 1.86. The van der Waals surface area contributed by atoms with Crippen molar-refractivity contribution < 1.29 is 13.6 Å². The van der Waals surface area contributed by atoms with E-state index in [1.165, 1.54) is 17.4 Å². The molecule has 94 valence electrons. The van der Waals surface area contributed by atoms with Crippen LogP contribution in [-0.4, -0.2) is 5.78 Å². The van der Waals surface area contributed by atoms with E-state index in [9.17, 15) is 13.6 Å². The molecule has 2 rings (SSSR count). The molecule has 0 fully saturated rings. The van der Waals surface area contributed by atoms with Gasteiger partial charge in [-0.25, -0.2) is 8.78 Å². The molecule has 0 aliphatic heterocycles. The van der Waals surface area contributed by atoms with Gasteiger partial charge < -0.3 is 0 Å². The third kappa shape index (κ3) is 3.03. The van der Waals surface area contributed by atoms with Gasteiger partial charge in [0.25, 0.3) is 0 Å². The Morgan fingerprint density at radius 2 is 1.83 bits per heavy atom. The van der Waals surface area contributed by atoms with Crippen molar-refractivity contribution in [2.45, 2.75) is 12.8 Å². The highest BCUT2D eigenvalue weighted by Gasteiger charge is 2.14. The van der Waals surface area contributed by atoms with Gasteiger partial charge in [0.1, 0.15) is 17.4 Å². The minimum Gasteiger partial charge on any atom is -0.299 e. The molecule has 0 atom stereocenters. The van der Waals surface area contributed by atoms with E-state index >= 15 is 0 Å². The van der Waals surface area contributed by atoms with Crippen LogP contribution < -0.4 is 0 Å². The number of halogens is 3. The molecule has 18 heavy (non-hydrogen) atoms. The minimum atomic E-state index is -0.673. The molecule has 1 nitrogen and oxygen atoms in total. The zero-order valence-corrected chi connectivity index (χ0v) is 11.7. The number of benzene rings is 1. The van der Waals surface area contributed by atoms with E-state index in [1.54, 1.807) is 0 Å². The summed E-state index contributed by atoms with van der Waals surface area (Å²) in [7, 11) is 0. The molecule has 0 radical (unpaired) electrons. The van der Waals surface area contributed by atoms with E-state index in [2.05, 4.69) is 15.9 Å². The lowest BCUT2D eigenvalue weighted by molar-refractivity contribution is -0.117. The molecule has 0 unspecified atom stereocenters. The second-order valence-corrected chi connectivity index (χ2v) is 5.64. The standard InChI is InChI=1S/C13H9BrF2OS/c14-10-4-5-18-13(10)7-8(17)6-9-11(15)2-1-3-12(9)16/h1-5H,6-7H2. The van der Waals surface area contributed by atoms with Crippen molar-refractivity contribution in [2.24, 2.45) is 0 Å². The first-order valence-electron chi connectivity index (χ1n) is 5.24. The quantitative estimate of drug-likeness (QED) is 0.823. The van der Waals surface area contributed by atoms with Crippen LogP contribution in [0.5, 0.6) is 0 Å². The van der Waals surface area contributed by atoms with E-state index < -0.39 is 11.6 Å². The fourth-order valence-electron chi connectivity index (χ4n) is 1.59. The highest BCUT2D eigenvalue weighted by atomic mass is 79.9. The first-order chi connectivity index (χ1) is 8.58. The summed E-state index contributed by atoms with van der Waals surface area (Å²) >= 11 is 4.76. The van der Waals surface area contributed by atoms with Gasteiger partial charge in [-0.3, -0.25) is 4.79 Å². The number of carbonyl (C=O) groups excluding carboxylic acids is 1. The molecule has 1 heterocycles. The maximum atomic E-state index is 13.4.